The molecule has 0 aliphatic heterocycles. The topological polar surface area (TPSA) is 38.7 Å². The first-order valence-electron chi connectivity index (χ1n) is 19.1. The van der Waals surface area contributed by atoms with Crippen LogP contribution in [0.1, 0.15) is 79.0 Å². The smallest absolute Gasteiger partial charge is 0.165 e. The van der Waals surface area contributed by atoms with Crippen LogP contribution in [-0.4, -0.2) is 15.0 Å². The van der Waals surface area contributed by atoms with E-state index in [-0.39, 0.29) is 16.2 Å². The fourth-order valence-corrected chi connectivity index (χ4v) is 7.54. The summed E-state index contributed by atoms with van der Waals surface area (Å²) in [5, 5.41) is 0. The molecule has 1 aromatic heterocycles. The molecule has 6 aromatic carbocycles. The Bertz CT molecular complexity index is 2120. The van der Waals surface area contributed by atoms with Gasteiger partial charge in [-0.1, -0.05) is 208 Å². The fourth-order valence-electron chi connectivity index (χ4n) is 7.54. The van der Waals surface area contributed by atoms with Crippen LogP contribution in [0, 0.1) is 0 Å². The molecule has 0 saturated carbocycles. The maximum absolute atomic E-state index is 5.59. The summed E-state index contributed by atoms with van der Waals surface area (Å²) in [6.45, 7) is 20.5. The van der Waals surface area contributed by atoms with E-state index in [9.17, 15) is 0 Å². The predicted molar refractivity (Wildman–Crippen MR) is 229 cm³/mol. The molecular formula is C51H51N3. The molecule has 0 radical (unpaired) electrons. The van der Waals surface area contributed by atoms with Crippen LogP contribution in [0.3, 0.4) is 0 Å². The molecule has 0 spiro atoms. The molecule has 3 heteroatoms. The van der Waals surface area contributed by atoms with Gasteiger partial charge < -0.3 is 0 Å². The van der Waals surface area contributed by atoms with Gasteiger partial charge in [0, 0.05) is 16.7 Å². The molecule has 3 nitrogen and oxygen atoms in total. The lowest BCUT2D eigenvalue weighted by atomic mass is 9.79. The molecule has 270 valence electrons. The predicted octanol–water partition coefficient (Wildman–Crippen LogP) is 13.8. The Labute approximate surface area is 322 Å². The Kier molecular flexibility index (Phi) is 9.70. The highest BCUT2D eigenvalue weighted by Crippen LogP contribution is 2.45. The fraction of sp³-hybridized carbons (Fsp3) is 0.235. The minimum atomic E-state index is -0.190. The lowest BCUT2D eigenvalue weighted by Crippen LogP contribution is -2.17. The molecule has 7 aromatic rings. The minimum absolute atomic E-state index is 0.190. The SMILES string of the molecule is CC(C)(C)c1cccc(-c2ccccc2)c1-c1nc(-c2c(-c3ccccc3)cccc2C(C)(C)C)nc(-c2c(-c3ccccc3)cccc2C(C)(C)C)n1. The third kappa shape index (κ3) is 7.28. The molecule has 0 atom stereocenters. The number of benzene rings is 6. The molecule has 0 aliphatic carbocycles. The lowest BCUT2D eigenvalue weighted by Gasteiger charge is -2.28. The summed E-state index contributed by atoms with van der Waals surface area (Å²) in [6, 6.07) is 51.7. The van der Waals surface area contributed by atoms with E-state index >= 15 is 0 Å². The molecule has 0 fully saturated rings. The van der Waals surface area contributed by atoms with Crippen molar-refractivity contribution in [2.45, 2.75) is 78.6 Å². The van der Waals surface area contributed by atoms with Crippen molar-refractivity contribution in [1.82, 2.24) is 15.0 Å². The Morgan fingerprint density at radius 3 is 0.741 bits per heavy atom. The van der Waals surface area contributed by atoms with Gasteiger partial charge in [0.05, 0.1) is 0 Å². The van der Waals surface area contributed by atoms with Gasteiger partial charge in [0.2, 0.25) is 0 Å². The monoisotopic (exact) mass is 705 g/mol. The van der Waals surface area contributed by atoms with E-state index in [1.807, 2.05) is 0 Å². The molecule has 0 bridgehead atoms. The van der Waals surface area contributed by atoms with Crippen molar-refractivity contribution in [2.24, 2.45) is 0 Å². The second kappa shape index (κ2) is 14.3. The van der Waals surface area contributed by atoms with Crippen LogP contribution in [0.25, 0.3) is 67.5 Å². The highest BCUT2D eigenvalue weighted by Gasteiger charge is 2.30. The lowest BCUT2D eigenvalue weighted by molar-refractivity contribution is 0.590. The zero-order valence-corrected chi connectivity index (χ0v) is 33.2. The van der Waals surface area contributed by atoms with Crippen molar-refractivity contribution in [3.8, 4) is 67.5 Å². The van der Waals surface area contributed by atoms with Crippen LogP contribution in [0.2, 0.25) is 0 Å². The Balaban J connectivity index is 1.68. The maximum atomic E-state index is 5.59. The molecule has 0 aliphatic rings. The van der Waals surface area contributed by atoms with E-state index in [0.29, 0.717) is 17.5 Å². The van der Waals surface area contributed by atoms with Crippen LogP contribution in [0.5, 0.6) is 0 Å². The number of nitrogens with zero attached hydrogens (tertiary/aromatic N) is 3. The van der Waals surface area contributed by atoms with Crippen LogP contribution < -0.4 is 0 Å². The first-order chi connectivity index (χ1) is 25.7. The number of aromatic nitrogens is 3. The normalized spacial score (nSPS) is 12.2. The molecule has 0 unspecified atom stereocenters. The molecular weight excluding hydrogens is 655 g/mol. The van der Waals surface area contributed by atoms with E-state index in [0.717, 1.165) is 50.1 Å². The summed E-state index contributed by atoms with van der Waals surface area (Å²) in [5.74, 6) is 2.01. The molecule has 0 saturated heterocycles. The van der Waals surface area contributed by atoms with E-state index in [1.54, 1.807) is 0 Å². The van der Waals surface area contributed by atoms with Crippen LogP contribution in [0.15, 0.2) is 146 Å². The van der Waals surface area contributed by atoms with Gasteiger partial charge >= 0.3 is 0 Å². The van der Waals surface area contributed by atoms with Gasteiger partial charge in [0.15, 0.2) is 17.5 Å². The van der Waals surface area contributed by atoms with Crippen molar-refractivity contribution in [2.75, 3.05) is 0 Å². The summed E-state index contributed by atoms with van der Waals surface area (Å²) in [7, 11) is 0. The van der Waals surface area contributed by atoms with E-state index < -0.39 is 0 Å². The third-order valence-electron chi connectivity index (χ3n) is 10.2. The van der Waals surface area contributed by atoms with Gasteiger partial charge in [0.1, 0.15) is 0 Å². The largest absolute Gasteiger partial charge is 0.208 e. The van der Waals surface area contributed by atoms with Gasteiger partial charge in [-0.2, -0.15) is 0 Å². The summed E-state index contributed by atoms with van der Waals surface area (Å²) >= 11 is 0. The van der Waals surface area contributed by atoms with Crippen molar-refractivity contribution in [1.29, 1.82) is 0 Å². The van der Waals surface area contributed by atoms with Crippen LogP contribution in [-0.2, 0) is 16.2 Å². The average Bonchev–Trinajstić information content (AvgIpc) is 3.17. The molecule has 0 N–H and O–H groups in total. The average molecular weight is 706 g/mol. The van der Waals surface area contributed by atoms with Crippen molar-refractivity contribution in [3.05, 3.63) is 162 Å². The van der Waals surface area contributed by atoms with E-state index in [2.05, 4.69) is 208 Å². The highest BCUT2D eigenvalue weighted by atomic mass is 15.0. The Morgan fingerprint density at radius 1 is 0.278 bits per heavy atom. The van der Waals surface area contributed by atoms with E-state index in [1.165, 1.54) is 16.7 Å². The highest BCUT2D eigenvalue weighted by molar-refractivity contribution is 5.90. The van der Waals surface area contributed by atoms with Crippen molar-refractivity contribution >= 4 is 0 Å². The first kappa shape index (κ1) is 36.7. The van der Waals surface area contributed by atoms with Gasteiger partial charge in [0.25, 0.3) is 0 Å². The standard InChI is InChI=1S/C51H51N3/c1-49(2,3)40-31-19-28-37(34-22-13-10-14-23-34)43(40)46-52-47(44-38(35-24-15-11-16-25-35)29-20-32-41(44)50(4,5)6)54-48(53-46)45-39(36-26-17-12-18-27-36)30-21-33-42(45)51(7,8)9/h10-33H,1-9H3. The molecule has 0 amide bonds. The summed E-state index contributed by atoms with van der Waals surface area (Å²) in [4.78, 5) is 16.8. The van der Waals surface area contributed by atoms with Gasteiger partial charge in [-0.25, -0.2) is 15.0 Å². The minimum Gasteiger partial charge on any atom is -0.208 e. The van der Waals surface area contributed by atoms with Gasteiger partial charge in [-0.05, 0) is 66.3 Å². The molecule has 1 heterocycles. The van der Waals surface area contributed by atoms with Crippen LogP contribution in [0.4, 0.5) is 0 Å². The first-order valence-corrected chi connectivity index (χ1v) is 19.1. The van der Waals surface area contributed by atoms with Crippen molar-refractivity contribution in [3.63, 3.8) is 0 Å². The Hall–Kier alpha value is -5.67. The summed E-state index contributed by atoms with van der Waals surface area (Å²) in [6.07, 6.45) is 0. The quantitative estimate of drug-likeness (QED) is 0.173. The Morgan fingerprint density at radius 2 is 0.519 bits per heavy atom. The molecule has 54 heavy (non-hydrogen) atoms. The van der Waals surface area contributed by atoms with E-state index in [4.69, 9.17) is 15.0 Å². The van der Waals surface area contributed by atoms with Gasteiger partial charge in [-0.15, -0.1) is 0 Å². The summed E-state index contributed by atoms with van der Waals surface area (Å²) < 4.78 is 0. The second-order valence-electron chi connectivity index (χ2n) is 17.3. The number of rotatable bonds is 6. The van der Waals surface area contributed by atoms with Crippen LogP contribution >= 0.6 is 0 Å². The summed E-state index contributed by atoms with van der Waals surface area (Å²) in [5.41, 5.74) is 12.8. The number of hydrogen-bond donors (Lipinski definition) is 0. The van der Waals surface area contributed by atoms with Gasteiger partial charge in [-0.3, -0.25) is 0 Å². The third-order valence-corrected chi connectivity index (χ3v) is 10.2. The zero-order valence-electron chi connectivity index (χ0n) is 33.2. The van der Waals surface area contributed by atoms with Crippen molar-refractivity contribution < 1.29 is 0 Å². The second-order valence-corrected chi connectivity index (χ2v) is 17.3. The molecule has 7 rings (SSSR count). The zero-order chi connectivity index (χ0) is 38.3. The number of hydrogen-bond acceptors (Lipinski definition) is 3. The maximum Gasteiger partial charge on any atom is 0.165 e.